The van der Waals surface area contributed by atoms with E-state index in [1.54, 1.807) is 0 Å². The Morgan fingerprint density at radius 1 is 1.39 bits per heavy atom. The van der Waals surface area contributed by atoms with E-state index in [4.69, 9.17) is 5.73 Å². The summed E-state index contributed by atoms with van der Waals surface area (Å²) in [4.78, 5) is 11.5. The Labute approximate surface area is 113 Å². The first-order valence-electron chi connectivity index (χ1n) is 5.89. The highest BCUT2D eigenvalue weighted by atomic mass is 35.5. The molecule has 1 saturated carbocycles. The van der Waals surface area contributed by atoms with Crippen LogP contribution < -0.4 is 11.1 Å². The molecule has 1 fully saturated rings. The molecule has 0 heterocycles. The summed E-state index contributed by atoms with van der Waals surface area (Å²) in [6.45, 7) is 0.257. The second-order valence-electron chi connectivity index (χ2n) is 4.71. The summed E-state index contributed by atoms with van der Waals surface area (Å²) in [5, 5.41) is 12.5. The molecule has 1 aliphatic rings. The summed E-state index contributed by atoms with van der Waals surface area (Å²) in [7, 11) is 0. The van der Waals surface area contributed by atoms with Gasteiger partial charge in [0.1, 0.15) is 0 Å². The molecule has 4 nitrogen and oxygen atoms in total. The molecular weight excluding hydrogens is 252 g/mol. The minimum atomic E-state index is -0.660. The van der Waals surface area contributed by atoms with Gasteiger partial charge in [-0.25, -0.2) is 0 Å². The van der Waals surface area contributed by atoms with Crippen LogP contribution in [-0.4, -0.2) is 29.2 Å². The molecule has 1 aliphatic carbocycles. The van der Waals surface area contributed by atoms with Crippen LogP contribution in [-0.2, 0) is 11.2 Å². The van der Waals surface area contributed by atoms with E-state index >= 15 is 0 Å². The number of nitrogens with one attached hydrogen (secondary N) is 1. The van der Waals surface area contributed by atoms with Crippen LogP contribution in [0.2, 0.25) is 0 Å². The van der Waals surface area contributed by atoms with E-state index < -0.39 is 11.6 Å². The summed E-state index contributed by atoms with van der Waals surface area (Å²) < 4.78 is 0. The predicted octanol–water partition coefficient (Wildman–Crippen LogP) is 0.619. The summed E-state index contributed by atoms with van der Waals surface area (Å²) in [5.41, 5.74) is 6.13. The third-order valence-corrected chi connectivity index (χ3v) is 3.05. The fourth-order valence-electron chi connectivity index (χ4n) is 1.71. The molecule has 4 N–H and O–H groups in total. The van der Waals surface area contributed by atoms with Gasteiger partial charge in [0.2, 0.25) is 5.91 Å². The first kappa shape index (κ1) is 15.0. The SMILES string of the molecule is Cl.NC1(C(=O)NCC(O)Cc2ccccc2)CC1. The second kappa shape index (κ2) is 6.18. The number of aliphatic hydroxyl groups excluding tert-OH is 1. The Kier molecular flexibility index (Phi) is 5.14. The Bertz CT molecular complexity index is 393. The lowest BCUT2D eigenvalue weighted by atomic mass is 10.1. The Balaban J connectivity index is 0.00000162. The molecule has 0 aromatic heterocycles. The van der Waals surface area contributed by atoms with Crippen LogP contribution in [0.1, 0.15) is 18.4 Å². The minimum Gasteiger partial charge on any atom is -0.391 e. The fourth-order valence-corrected chi connectivity index (χ4v) is 1.71. The Hall–Kier alpha value is -1.10. The minimum absolute atomic E-state index is 0. The van der Waals surface area contributed by atoms with E-state index in [2.05, 4.69) is 5.32 Å². The average molecular weight is 271 g/mol. The van der Waals surface area contributed by atoms with Gasteiger partial charge < -0.3 is 16.2 Å². The van der Waals surface area contributed by atoms with Gasteiger partial charge >= 0.3 is 0 Å². The summed E-state index contributed by atoms with van der Waals surface area (Å²) in [6, 6.07) is 9.70. The molecule has 1 aromatic carbocycles. The van der Waals surface area contributed by atoms with E-state index in [1.807, 2.05) is 30.3 Å². The van der Waals surface area contributed by atoms with Crippen molar-refractivity contribution in [3.8, 4) is 0 Å². The number of benzene rings is 1. The van der Waals surface area contributed by atoms with Gasteiger partial charge in [0, 0.05) is 13.0 Å². The van der Waals surface area contributed by atoms with Crippen molar-refractivity contribution in [2.75, 3.05) is 6.54 Å². The van der Waals surface area contributed by atoms with Crippen molar-refractivity contribution < 1.29 is 9.90 Å². The molecule has 0 saturated heterocycles. The Morgan fingerprint density at radius 3 is 2.56 bits per heavy atom. The second-order valence-corrected chi connectivity index (χ2v) is 4.71. The maximum Gasteiger partial charge on any atom is 0.240 e. The number of carbonyl (C=O) groups excluding carboxylic acids is 1. The number of rotatable bonds is 5. The standard InChI is InChI=1S/C13H18N2O2.ClH/c14-13(6-7-13)12(17)15-9-11(16)8-10-4-2-1-3-5-10;/h1-5,11,16H,6-9,14H2,(H,15,17);1H. The van der Waals surface area contributed by atoms with Crippen LogP contribution >= 0.6 is 12.4 Å². The summed E-state index contributed by atoms with van der Waals surface area (Å²) in [5.74, 6) is -0.149. The molecule has 100 valence electrons. The van der Waals surface area contributed by atoms with Crippen molar-refractivity contribution in [2.24, 2.45) is 5.73 Å². The number of hydrogen-bond acceptors (Lipinski definition) is 3. The lowest BCUT2D eigenvalue weighted by Crippen LogP contribution is -2.45. The van der Waals surface area contributed by atoms with Gasteiger partial charge in [-0.1, -0.05) is 30.3 Å². The van der Waals surface area contributed by atoms with Crippen molar-refractivity contribution in [2.45, 2.75) is 30.9 Å². The van der Waals surface area contributed by atoms with E-state index in [9.17, 15) is 9.90 Å². The quantitative estimate of drug-likeness (QED) is 0.734. The topological polar surface area (TPSA) is 75.4 Å². The number of carbonyl (C=O) groups is 1. The van der Waals surface area contributed by atoms with Crippen molar-refractivity contribution in [1.82, 2.24) is 5.32 Å². The lowest BCUT2D eigenvalue weighted by Gasteiger charge is -2.14. The highest BCUT2D eigenvalue weighted by molar-refractivity contribution is 5.88. The average Bonchev–Trinajstić information content (AvgIpc) is 3.07. The molecule has 2 rings (SSSR count). The van der Waals surface area contributed by atoms with Gasteiger partial charge in [-0.15, -0.1) is 12.4 Å². The molecule has 0 bridgehead atoms. The highest BCUT2D eigenvalue weighted by Crippen LogP contribution is 2.31. The van der Waals surface area contributed by atoms with E-state index in [0.717, 1.165) is 18.4 Å². The number of halogens is 1. The van der Waals surface area contributed by atoms with E-state index in [-0.39, 0.29) is 24.9 Å². The molecule has 1 atom stereocenters. The van der Waals surface area contributed by atoms with E-state index in [0.29, 0.717) is 6.42 Å². The maximum absolute atomic E-state index is 11.5. The lowest BCUT2D eigenvalue weighted by molar-refractivity contribution is -0.123. The van der Waals surface area contributed by atoms with Crippen molar-refractivity contribution in [3.63, 3.8) is 0 Å². The predicted molar refractivity (Wildman–Crippen MR) is 72.6 cm³/mol. The normalized spacial score (nSPS) is 17.4. The molecule has 1 amide bonds. The molecule has 5 heteroatoms. The van der Waals surface area contributed by atoms with Gasteiger partial charge in [-0.3, -0.25) is 4.79 Å². The summed E-state index contributed by atoms with van der Waals surface area (Å²) in [6.07, 6.45) is 1.46. The first-order valence-corrected chi connectivity index (χ1v) is 5.89. The molecule has 0 radical (unpaired) electrons. The number of nitrogens with two attached hydrogens (primary N) is 1. The monoisotopic (exact) mass is 270 g/mol. The van der Waals surface area contributed by atoms with Crippen LogP contribution in [0.5, 0.6) is 0 Å². The molecule has 0 spiro atoms. The molecule has 1 unspecified atom stereocenters. The van der Waals surface area contributed by atoms with Crippen LogP contribution in [0.4, 0.5) is 0 Å². The first-order chi connectivity index (χ1) is 8.10. The van der Waals surface area contributed by atoms with Crippen molar-refractivity contribution >= 4 is 18.3 Å². The van der Waals surface area contributed by atoms with Gasteiger partial charge in [0.05, 0.1) is 11.6 Å². The zero-order valence-corrected chi connectivity index (χ0v) is 11.0. The highest BCUT2D eigenvalue weighted by Gasteiger charge is 2.45. The van der Waals surface area contributed by atoms with Gasteiger partial charge in [-0.05, 0) is 18.4 Å². The molecule has 18 heavy (non-hydrogen) atoms. The third-order valence-electron chi connectivity index (χ3n) is 3.05. The van der Waals surface area contributed by atoms with Crippen LogP contribution in [0, 0.1) is 0 Å². The van der Waals surface area contributed by atoms with Crippen molar-refractivity contribution in [3.05, 3.63) is 35.9 Å². The van der Waals surface area contributed by atoms with Crippen LogP contribution in [0.15, 0.2) is 30.3 Å². The largest absolute Gasteiger partial charge is 0.391 e. The summed E-state index contributed by atoms with van der Waals surface area (Å²) >= 11 is 0. The fraction of sp³-hybridized carbons (Fsp3) is 0.462. The van der Waals surface area contributed by atoms with Crippen LogP contribution in [0.25, 0.3) is 0 Å². The molecular formula is C13H19ClN2O2. The number of aliphatic hydroxyl groups is 1. The van der Waals surface area contributed by atoms with Crippen molar-refractivity contribution in [1.29, 1.82) is 0 Å². The maximum atomic E-state index is 11.5. The van der Waals surface area contributed by atoms with Gasteiger partial charge in [0.25, 0.3) is 0 Å². The molecule has 1 aromatic rings. The Morgan fingerprint density at radius 2 is 2.00 bits per heavy atom. The van der Waals surface area contributed by atoms with E-state index in [1.165, 1.54) is 0 Å². The number of hydrogen-bond donors (Lipinski definition) is 3. The zero-order chi connectivity index (χ0) is 12.3. The van der Waals surface area contributed by atoms with Gasteiger partial charge in [-0.2, -0.15) is 0 Å². The number of amides is 1. The smallest absolute Gasteiger partial charge is 0.240 e. The third kappa shape index (κ3) is 3.98. The van der Waals surface area contributed by atoms with Crippen LogP contribution in [0.3, 0.4) is 0 Å². The zero-order valence-electron chi connectivity index (χ0n) is 10.1. The van der Waals surface area contributed by atoms with Gasteiger partial charge in [0.15, 0.2) is 0 Å². The molecule has 0 aliphatic heterocycles.